The van der Waals surface area contributed by atoms with E-state index in [0.29, 0.717) is 17.9 Å². The molecular weight excluding hydrogens is 238 g/mol. The summed E-state index contributed by atoms with van der Waals surface area (Å²) in [6.07, 6.45) is 2.36. The van der Waals surface area contributed by atoms with Gasteiger partial charge in [-0.3, -0.25) is 0 Å². The Labute approximate surface area is 113 Å². The van der Waals surface area contributed by atoms with Crippen LogP contribution in [0.1, 0.15) is 19.8 Å². The predicted molar refractivity (Wildman–Crippen MR) is 77.7 cm³/mol. The molecule has 0 spiro atoms. The van der Waals surface area contributed by atoms with Gasteiger partial charge in [-0.1, -0.05) is 24.3 Å². The lowest BCUT2D eigenvalue weighted by Gasteiger charge is -2.29. The highest BCUT2D eigenvalue weighted by molar-refractivity contribution is 5.97. The third-order valence-corrected chi connectivity index (χ3v) is 3.74. The normalized spacial score (nSPS) is 23.4. The van der Waals surface area contributed by atoms with Crippen molar-refractivity contribution in [3.05, 3.63) is 36.4 Å². The zero-order valence-electron chi connectivity index (χ0n) is 11.1. The van der Waals surface area contributed by atoms with Crippen LogP contribution >= 0.6 is 0 Å². The molecule has 19 heavy (non-hydrogen) atoms. The van der Waals surface area contributed by atoms with Gasteiger partial charge in [-0.05, 0) is 31.9 Å². The van der Waals surface area contributed by atoms with Gasteiger partial charge < -0.3 is 15.2 Å². The first-order chi connectivity index (χ1) is 9.24. The number of ether oxygens (including phenoxy) is 1. The van der Waals surface area contributed by atoms with Crippen LogP contribution in [0, 0.1) is 0 Å². The molecule has 2 aromatic carbocycles. The summed E-state index contributed by atoms with van der Waals surface area (Å²) in [5.41, 5.74) is 1.09. The first-order valence-corrected chi connectivity index (χ1v) is 6.83. The van der Waals surface area contributed by atoms with E-state index < -0.39 is 0 Å². The molecular formula is C16H19NO2. The van der Waals surface area contributed by atoms with Gasteiger partial charge in [-0.15, -0.1) is 0 Å². The van der Waals surface area contributed by atoms with E-state index in [0.717, 1.165) is 35.9 Å². The van der Waals surface area contributed by atoms with Crippen molar-refractivity contribution in [3.8, 4) is 5.75 Å². The molecule has 0 saturated carbocycles. The maximum Gasteiger partial charge on any atom is 0.123 e. The molecule has 3 heteroatoms. The molecule has 2 atom stereocenters. The SMILES string of the molecule is CC1CC(Nc2cccc3c(O)cccc23)CCO1. The molecule has 0 aromatic heterocycles. The first kappa shape index (κ1) is 12.3. The quantitative estimate of drug-likeness (QED) is 0.864. The number of aromatic hydroxyl groups is 1. The molecule has 100 valence electrons. The highest BCUT2D eigenvalue weighted by Crippen LogP contribution is 2.31. The maximum absolute atomic E-state index is 9.90. The van der Waals surface area contributed by atoms with Crippen LogP contribution in [-0.4, -0.2) is 23.9 Å². The minimum Gasteiger partial charge on any atom is -0.507 e. The molecule has 3 nitrogen and oxygen atoms in total. The van der Waals surface area contributed by atoms with E-state index in [1.165, 1.54) is 0 Å². The van der Waals surface area contributed by atoms with E-state index in [2.05, 4.69) is 18.3 Å². The summed E-state index contributed by atoms with van der Waals surface area (Å²) in [4.78, 5) is 0. The molecule has 2 aromatic rings. The van der Waals surface area contributed by atoms with E-state index in [1.54, 1.807) is 6.07 Å². The Morgan fingerprint density at radius 2 is 1.95 bits per heavy atom. The summed E-state index contributed by atoms with van der Waals surface area (Å²) < 4.78 is 5.57. The second kappa shape index (κ2) is 5.10. The summed E-state index contributed by atoms with van der Waals surface area (Å²) in [6.45, 7) is 2.93. The molecule has 1 fully saturated rings. The van der Waals surface area contributed by atoms with Gasteiger partial charge in [0.05, 0.1) is 6.10 Å². The third kappa shape index (κ3) is 2.51. The van der Waals surface area contributed by atoms with Crippen molar-refractivity contribution in [3.63, 3.8) is 0 Å². The molecule has 1 aliphatic heterocycles. The lowest BCUT2D eigenvalue weighted by Crippen LogP contribution is -2.32. The zero-order valence-corrected chi connectivity index (χ0v) is 11.1. The van der Waals surface area contributed by atoms with Crippen LogP contribution in [0.5, 0.6) is 5.75 Å². The largest absolute Gasteiger partial charge is 0.507 e. The number of fused-ring (bicyclic) bond motifs is 1. The number of phenols is 1. The minimum atomic E-state index is 0.314. The fourth-order valence-electron chi connectivity index (χ4n) is 2.77. The summed E-state index contributed by atoms with van der Waals surface area (Å²) >= 11 is 0. The number of rotatable bonds is 2. The maximum atomic E-state index is 9.90. The van der Waals surface area contributed by atoms with Crippen LogP contribution in [0.4, 0.5) is 5.69 Å². The van der Waals surface area contributed by atoms with Crippen molar-refractivity contribution >= 4 is 16.5 Å². The van der Waals surface area contributed by atoms with Crippen molar-refractivity contribution in [1.29, 1.82) is 0 Å². The lowest BCUT2D eigenvalue weighted by atomic mass is 10.0. The van der Waals surface area contributed by atoms with Crippen LogP contribution in [0.2, 0.25) is 0 Å². The zero-order chi connectivity index (χ0) is 13.2. The Kier molecular flexibility index (Phi) is 3.30. The number of hydrogen-bond acceptors (Lipinski definition) is 3. The molecule has 2 N–H and O–H groups in total. The first-order valence-electron chi connectivity index (χ1n) is 6.83. The van der Waals surface area contributed by atoms with Crippen molar-refractivity contribution < 1.29 is 9.84 Å². The van der Waals surface area contributed by atoms with E-state index >= 15 is 0 Å². The van der Waals surface area contributed by atoms with Crippen molar-refractivity contribution in [2.45, 2.75) is 31.9 Å². The molecule has 0 radical (unpaired) electrons. The smallest absolute Gasteiger partial charge is 0.123 e. The Balaban J connectivity index is 1.90. The van der Waals surface area contributed by atoms with Gasteiger partial charge >= 0.3 is 0 Å². The van der Waals surface area contributed by atoms with Gasteiger partial charge in [0.25, 0.3) is 0 Å². The van der Waals surface area contributed by atoms with Crippen LogP contribution in [0.25, 0.3) is 10.8 Å². The fraction of sp³-hybridized carbons (Fsp3) is 0.375. The molecule has 1 heterocycles. The fourth-order valence-corrected chi connectivity index (χ4v) is 2.77. The molecule has 0 amide bonds. The Morgan fingerprint density at radius 1 is 1.16 bits per heavy atom. The Bertz CT molecular complexity index is 582. The summed E-state index contributed by atoms with van der Waals surface area (Å²) in [5.74, 6) is 0.335. The second-order valence-electron chi connectivity index (χ2n) is 5.22. The summed E-state index contributed by atoms with van der Waals surface area (Å²) in [7, 11) is 0. The topological polar surface area (TPSA) is 41.5 Å². The standard InChI is InChI=1S/C16H19NO2/c1-11-10-12(8-9-19-11)17-15-6-2-5-14-13(15)4-3-7-16(14)18/h2-7,11-12,17-18H,8-10H2,1H3. The molecule has 1 saturated heterocycles. The van der Waals surface area contributed by atoms with Crippen LogP contribution in [-0.2, 0) is 4.74 Å². The number of benzene rings is 2. The van der Waals surface area contributed by atoms with E-state index in [-0.39, 0.29) is 0 Å². The number of nitrogens with one attached hydrogen (secondary N) is 1. The average molecular weight is 257 g/mol. The van der Waals surface area contributed by atoms with E-state index in [4.69, 9.17) is 4.74 Å². The van der Waals surface area contributed by atoms with Gasteiger partial charge in [0.15, 0.2) is 0 Å². The van der Waals surface area contributed by atoms with Crippen molar-refractivity contribution in [2.75, 3.05) is 11.9 Å². The molecule has 2 unspecified atom stereocenters. The average Bonchev–Trinajstić information content (AvgIpc) is 2.40. The summed E-state index contributed by atoms with van der Waals surface area (Å²) in [6, 6.07) is 12.1. The highest BCUT2D eigenvalue weighted by atomic mass is 16.5. The van der Waals surface area contributed by atoms with Gasteiger partial charge in [0.2, 0.25) is 0 Å². The molecule has 1 aliphatic rings. The van der Waals surface area contributed by atoms with Gasteiger partial charge in [-0.2, -0.15) is 0 Å². The summed E-state index contributed by atoms with van der Waals surface area (Å²) in [5, 5.41) is 15.5. The van der Waals surface area contributed by atoms with Crippen molar-refractivity contribution in [2.24, 2.45) is 0 Å². The third-order valence-electron chi connectivity index (χ3n) is 3.74. The van der Waals surface area contributed by atoms with Crippen LogP contribution in [0.3, 0.4) is 0 Å². The van der Waals surface area contributed by atoms with E-state index in [9.17, 15) is 5.11 Å². The Morgan fingerprint density at radius 3 is 2.79 bits per heavy atom. The van der Waals surface area contributed by atoms with Crippen molar-refractivity contribution in [1.82, 2.24) is 0 Å². The van der Waals surface area contributed by atoms with Gasteiger partial charge in [-0.25, -0.2) is 0 Å². The van der Waals surface area contributed by atoms with Gasteiger partial charge in [0, 0.05) is 29.1 Å². The monoisotopic (exact) mass is 257 g/mol. The molecule has 0 aliphatic carbocycles. The van der Waals surface area contributed by atoms with Gasteiger partial charge in [0.1, 0.15) is 5.75 Å². The number of anilines is 1. The Hall–Kier alpha value is -1.74. The number of hydrogen-bond donors (Lipinski definition) is 2. The van der Waals surface area contributed by atoms with Crippen LogP contribution in [0.15, 0.2) is 36.4 Å². The molecule has 0 bridgehead atoms. The molecule has 3 rings (SSSR count). The van der Waals surface area contributed by atoms with E-state index in [1.807, 2.05) is 24.3 Å². The lowest BCUT2D eigenvalue weighted by molar-refractivity contribution is 0.0232. The minimum absolute atomic E-state index is 0.314. The predicted octanol–water partition coefficient (Wildman–Crippen LogP) is 3.52. The highest BCUT2D eigenvalue weighted by Gasteiger charge is 2.19. The second-order valence-corrected chi connectivity index (χ2v) is 5.22. The van der Waals surface area contributed by atoms with Crippen LogP contribution < -0.4 is 5.32 Å². The number of phenolic OH excluding ortho intramolecular Hbond substituents is 1.